The van der Waals surface area contributed by atoms with Crippen LogP contribution in [0.2, 0.25) is 0 Å². The minimum atomic E-state index is 0. The quantitative estimate of drug-likeness (QED) is 0.690. The lowest BCUT2D eigenvalue weighted by Crippen LogP contribution is -3.00. The highest BCUT2D eigenvalue weighted by molar-refractivity contribution is 5.47. The van der Waals surface area contributed by atoms with Crippen LogP contribution in [0.3, 0.4) is 0 Å². The third kappa shape index (κ3) is 3.60. The first kappa shape index (κ1) is 14.3. The van der Waals surface area contributed by atoms with E-state index in [0.29, 0.717) is 6.04 Å². The number of aliphatic hydroxyl groups excluding tert-OH is 1. The molecule has 1 saturated heterocycles. The van der Waals surface area contributed by atoms with E-state index >= 15 is 0 Å². The Bertz CT molecular complexity index is 320. The average molecular weight is 256 g/mol. The van der Waals surface area contributed by atoms with Gasteiger partial charge in [-0.15, -0.1) is 0 Å². The molecule has 1 unspecified atom stereocenters. The lowest BCUT2D eigenvalue weighted by Gasteiger charge is -2.41. The third-order valence-electron chi connectivity index (χ3n) is 3.22. The van der Waals surface area contributed by atoms with Gasteiger partial charge in [-0.05, 0) is 19.1 Å². The van der Waals surface area contributed by atoms with E-state index in [1.54, 1.807) is 0 Å². The van der Waals surface area contributed by atoms with E-state index in [-0.39, 0.29) is 19.0 Å². The lowest BCUT2D eigenvalue weighted by molar-refractivity contribution is -0.00000458. The van der Waals surface area contributed by atoms with Gasteiger partial charge in [0.1, 0.15) is 0 Å². The van der Waals surface area contributed by atoms with Gasteiger partial charge < -0.3 is 22.4 Å². The zero-order valence-corrected chi connectivity index (χ0v) is 11.0. The Morgan fingerprint density at radius 2 is 1.94 bits per heavy atom. The number of hydrogen-bond acceptors (Lipinski definition) is 3. The molecule has 17 heavy (non-hydrogen) atoms. The van der Waals surface area contributed by atoms with Crippen LogP contribution in [-0.4, -0.2) is 48.8 Å². The van der Waals surface area contributed by atoms with Gasteiger partial charge in [0.05, 0.1) is 6.61 Å². The molecule has 0 amide bonds. The van der Waals surface area contributed by atoms with E-state index in [2.05, 4.69) is 47.1 Å². The second-order valence-corrected chi connectivity index (χ2v) is 4.40. The van der Waals surface area contributed by atoms with Crippen molar-refractivity contribution in [2.24, 2.45) is 0 Å². The van der Waals surface area contributed by atoms with E-state index < -0.39 is 0 Å². The summed E-state index contributed by atoms with van der Waals surface area (Å²) >= 11 is 0. The van der Waals surface area contributed by atoms with Crippen molar-refractivity contribution < 1.29 is 17.5 Å². The van der Waals surface area contributed by atoms with Crippen molar-refractivity contribution in [3.63, 3.8) is 0 Å². The molecular formula is C13H20ClN2O-. The van der Waals surface area contributed by atoms with Crippen molar-refractivity contribution in [3.05, 3.63) is 30.3 Å². The first-order valence-corrected chi connectivity index (χ1v) is 5.96. The maximum Gasteiger partial charge on any atom is 0.0558 e. The number of piperazine rings is 1. The Balaban J connectivity index is 0.00000144. The summed E-state index contributed by atoms with van der Waals surface area (Å²) in [6.07, 6.45) is 0. The molecule has 2 rings (SSSR count). The fraction of sp³-hybridized carbons (Fsp3) is 0.538. The Hall–Kier alpha value is -0.770. The minimum absolute atomic E-state index is 0. The van der Waals surface area contributed by atoms with Crippen LogP contribution in [0.5, 0.6) is 0 Å². The number of aliphatic hydroxyl groups is 1. The molecule has 0 bridgehead atoms. The van der Waals surface area contributed by atoms with Crippen molar-refractivity contribution >= 4 is 5.69 Å². The molecule has 1 heterocycles. The summed E-state index contributed by atoms with van der Waals surface area (Å²) < 4.78 is 0. The molecule has 96 valence electrons. The summed E-state index contributed by atoms with van der Waals surface area (Å²) in [5.74, 6) is 0. The van der Waals surface area contributed by atoms with Crippen molar-refractivity contribution in [1.29, 1.82) is 0 Å². The van der Waals surface area contributed by atoms with Gasteiger partial charge in [-0.25, -0.2) is 0 Å². The molecule has 0 spiro atoms. The maximum atomic E-state index is 8.93. The number of rotatable bonds is 3. The minimum Gasteiger partial charge on any atom is -1.00 e. The van der Waals surface area contributed by atoms with Crippen LogP contribution in [0.15, 0.2) is 30.3 Å². The predicted molar refractivity (Wildman–Crippen MR) is 66.8 cm³/mol. The monoisotopic (exact) mass is 255 g/mol. The standard InChI is InChI=1S/C13H20N2O.ClH/c1-12-11-14(9-10-16)7-8-15(12)13-5-3-2-4-6-13;/h2-6,12,16H,7-11H2,1H3;1H/p-1. The number of β-amino-alcohol motifs (C(OH)–C–C–N with tert-alkyl or cyclic N) is 1. The highest BCUT2D eigenvalue weighted by atomic mass is 35.5. The summed E-state index contributed by atoms with van der Waals surface area (Å²) in [4.78, 5) is 4.76. The van der Waals surface area contributed by atoms with E-state index in [9.17, 15) is 0 Å². The van der Waals surface area contributed by atoms with Gasteiger partial charge in [0.25, 0.3) is 0 Å². The third-order valence-corrected chi connectivity index (χ3v) is 3.22. The lowest BCUT2D eigenvalue weighted by atomic mass is 10.1. The second-order valence-electron chi connectivity index (χ2n) is 4.40. The zero-order chi connectivity index (χ0) is 11.4. The van der Waals surface area contributed by atoms with Crippen LogP contribution < -0.4 is 17.3 Å². The van der Waals surface area contributed by atoms with Gasteiger partial charge in [0.2, 0.25) is 0 Å². The Morgan fingerprint density at radius 1 is 1.24 bits per heavy atom. The van der Waals surface area contributed by atoms with Gasteiger partial charge in [0, 0.05) is 37.9 Å². The number of benzene rings is 1. The van der Waals surface area contributed by atoms with Crippen LogP contribution >= 0.6 is 0 Å². The number of para-hydroxylation sites is 1. The van der Waals surface area contributed by atoms with E-state index in [4.69, 9.17) is 5.11 Å². The van der Waals surface area contributed by atoms with Crippen molar-refractivity contribution in [2.45, 2.75) is 13.0 Å². The fourth-order valence-electron chi connectivity index (χ4n) is 2.38. The fourth-order valence-corrected chi connectivity index (χ4v) is 2.38. The van der Waals surface area contributed by atoms with E-state index in [1.165, 1.54) is 5.69 Å². The Kier molecular flexibility index (Phi) is 5.75. The Morgan fingerprint density at radius 3 is 2.53 bits per heavy atom. The van der Waals surface area contributed by atoms with Gasteiger partial charge in [-0.2, -0.15) is 0 Å². The second kappa shape index (κ2) is 6.84. The molecule has 1 aromatic rings. The first-order valence-electron chi connectivity index (χ1n) is 5.96. The summed E-state index contributed by atoms with van der Waals surface area (Å²) in [5, 5.41) is 8.93. The van der Waals surface area contributed by atoms with Gasteiger partial charge in [-0.1, -0.05) is 18.2 Å². The molecule has 0 saturated carbocycles. The van der Waals surface area contributed by atoms with E-state index in [0.717, 1.165) is 26.2 Å². The number of nitrogens with zero attached hydrogens (tertiary/aromatic N) is 2. The molecule has 1 aromatic carbocycles. The maximum absolute atomic E-state index is 8.93. The normalized spacial score (nSPS) is 21.1. The molecule has 0 aliphatic carbocycles. The summed E-state index contributed by atoms with van der Waals surface area (Å²) in [7, 11) is 0. The average Bonchev–Trinajstić information content (AvgIpc) is 2.31. The van der Waals surface area contributed by atoms with E-state index in [1.807, 2.05) is 0 Å². The summed E-state index contributed by atoms with van der Waals surface area (Å²) in [5.41, 5.74) is 1.30. The molecule has 1 aliphatic heterocycles. The highest BCUT2D eigenvalue weighted by Crippen LogP contribution is 2.19. The topological polar surface area (TPSA) is 26.7 Å². The molecule has 1 atom stereocenters. The number of halogens is 1. The van der Waals surface area contributed by atoms with Gasteiger partial charge in [-0.3, -0.25) is 4.90 Å². The SMILES string of the molecule is CC1CN(CCO)CCN1c1ccccc1.[Cl-]. The largest absolute Gasteiger partial charge is 1.00 e. The van der Waals surface area contributed by atoms with Crippen molar-refractivity contribution in [1.82, 2.24) is 4.90 Å². The predicted octanol–water partition coefficient (Wildman–Crippen LogP) is -1.81. The van der Waals surface area contributed by atoms with Crippen LogP contribution in [0.25, 0.3) is 0 Å². The molecular weight excluding hydrogens is 236 g/mol. The van der Waals surface area contributed by atoms with Gasteiger partial charge >= 0.3 is 0 Å². The molecule has 1 N–H and O–H groups in total. The molecule has 0 radical (unpaired) electrons. The molecule has 3 nitrogen and oxygen atoms in total. The van der Waals surface area contributed by atoms with Crippen molar-refractivity contribution in [3.8, 4) is 0 Å². The smallest absolute Gasteiger partial charge is 0.0558 e. The molecule has 0 aromatic heterocycles. The van der Waals surface area contributed by atoms with Crippen LogP contribution in [0.4, 0.5) is 5.69 Å². The van der Waals surface area contributed by atoms with Crippen LogP contribution in [-0.2, 0) is 0 Å². The highest BCUT2D eigenvalue weighted by Gasteiger charge is 2.22. The summed E-state index contributed by atoms with van der Waals surface area (Å²) in [6, 6.07) is 11.1. The van der Waals surface area contributed by atoms with Crippen LogP contribution in [0.1, 0.15) is 6.92 Å². The van der Waals surface area contributed by atoms with Crippen LogP contribution in [0, 0.1) is 0 Å². The molecule has 1 aliphatic rings. The summed E-state index contributed by atoms with van der Waals surface area (Å²) in [6.45, 7) is 6.43. The molecule has 4 heteroatoms. The number of anilines is 1. The van der Waals surface area contributed by atoms with Gasteiger partial charge in [0.15, 0.2) is 0 Å². The zero-order valence-electron chi connectivity index (χ0n) is 10.2. The number of hydrogen-bond donors (Lipinski definition) is 1. The first-order chi connectivity index (χ1) is 7.81. The Labute approximate surface area is 109 Å². The molecule has 1 fully saturated rings. The van der Waals surface area contributed by atoms with Crippen molar-refractivity contribution in [2.75, 3.05) is 37.7 Å².